The first-order valence-corrected chi connectivity index (χ1v) is 7.80. The van der Waals surface area contributed by atoms with Gasteiger partial charge in [-0.1, -0.05) is 17.7 Å². The highest BCUT2D eigenvalue weighted by atomic mass is 35.5. The summed E-state index contributed by atoms with van der Waals surface area (Å²) in [5, 5.41) is 20.6. The third kappa shape index (κ3) is 4.12. The van der Waals surface area contributed by atoms with E-state index < -0.39 is 11.7 Å². The maximum Gasteiger partial charge on any atom is 0.345 e. The zero-order chi connectivity index (χ0) is 17.0. The number of carboxylic acids is 1. The van der Waals surface area contributed by atoms with Crippen molar-refractivity contribution in [2.75, 3.05) is 6.61 Å². The van der Waals surface area contributed by atoms with Crippen LogP contribution in [0.15, 0.2) is 30.3 Å². The summed E-state index contributed by atoms with van der Waals surface area (Å²) in [7, 11) is 0. The molecule has 0 aliphatic heterocycles. The summed E-state index contributed by atoms with van der Waals surface area (Å²) in [5.41, 5.74) is 0.543. The van der Waals surface area contributed by atoms with Crippen LogP contribution < -0.4 is 9.84 Å². The van der Waals surface area contributed by atoms with Crippen LogP contribution in [-0.2, 0) is 0 Å². The Morgan fingerprint density at radius 1 is 1.35 bits per heavy atom. The van der Waals surface area contributed by atoms with E-state index >= 15 is 0 Å². The monoisotopic (exact) mass is 351 g/mol. The molecule has 0 aliphatic carbocycles. The Hall–Kier alpha value is -2.31. The zero-order valence-electron chi connectivity index (χ0n) is 12.0. The Bertz CT molecular complexity index is 779. The van der Waals surface area contributed by atoms with Crippen LogP contribution in [0, 0.1) is 0 Å². The van der Waals surface area contributed by atoms with Crippen LogP contribution in [0.4, 0.5) is 0 Å². The molecule has 23 heavy (non-hydrogen) atoms. The molecular formula is C16H12ClO5S-. The first-order chi connectivity index (χ1) is 10.9. The molecule has 1 heterocycles. The van der Waals surface area contributed by atoms with E-state index in [1.54, 1.807) is 6.92 Å². The van der Waals surface area contributed by atoms with Crippen LogP contribution in [0.2, 0.25) is 5.02 Å². The number of carbonyl (C=O) groups is 2. The lowest BCUT2D eigenvalue weighted by Gasteiger charge is -2.16. The molecule has 0 radical (unpaired) electrons. The van der Waals surface area contributed by atoms with Crippen molar-refractivity contribution >= 4 is 40.8 Å². The van der Waals surface area contributed by atoms with Crippen LogP contribution in [0.5, 0.6) is 11.5 Å². The Balaban J connectivity index is 2.21. The van der Waals surface area contributed by atoms with Gasteiger partial charge in [-0.25, -0.2) is 4.79 Å². The molecule has 1 aromatic carbocycles. The van der Waals surface area contributed by atoms with Crippen molar-refractivity contribution in [3.05, 3.63) is 50.7 Å². The molecule has 0 aliphatic rings. The van der Waals surface area contributed by atoms with Gasteiger partial charge in [-0.05, 0) is 48.6 Å². The molecule has 1 aromatic heterocycles. The van der Waals surface area contributed by atoms with Crippen LogP contribution >= 0.6 is 22.9 Å². The van der Waals surface area contributed by atoms with Gasteiger partial charge in [0.05, 0.1) is 11.5 Å². The van der Waals surface area contributed by atoms with E-state index in [1.807, 2.05) is 0 Å². The average Bonchev–Trinajstić information content (AvgIpc) is 3.00. The summed E-state index contributed by atoms with van der Waals surface area (Å²) >= 11 is 6.75. The minimum absolute atomic E-state index is 0.00679. The molecule has 0 spiro atoms. The smallest absolute Gasteiger partial charge is 0.345 e. The summed E-state index contributed by atoms with van der Waals surface area (Å²) in [4.78, 5) is 23.2. The van der Waals surface area contributed by atoms with Gasteiger partial charge >= 0.3 is 5.97 Å². The van der Waals surface area contributed by atoms with Gasteiger partial charge in [0, 0.05) is 5.02 Å². The van der Waals surface area contributed by atoms with Gasteiger partial charge in [-0.2, -0.15) is 0 Å². The number of halogens is 1. The SMILES string of the molecule is CCOc1cc(/C=C/C(=O)c2ccc(C(=O)O)s2)cc(Cl)c1[O-]. The molecule has 120 valence electrons. The highest BCUT2D eigenvalue weighted by Crippen LogP contribution is 2.33. The zero-order valence-corrected chi connectivity index (χ0v) is 13.6. The number of aromatic carboxylic acids is 1. The second-order valence-electron chi connectivity index (χ2n) is 4.43. The van der Waals surface area contributed by atoms with E-state index in [2.05, 4.69) is 0 Å². The van der Waals surface area contributed by atoms with Crippen LogP contribution in [-0.4, -0.2) is 23.5 Å². The van der Waals surface area contributed by atoms with Gasteiger partial charge in [0.1, 0.15) is 10.6 Å². The van der Waals surface area contributed by atoms with Gasteiger partial charge in [-0.15, -0.1) is 11.3 Å². The number of allylic oxidation sites excluding steroid dienone is 1. The molecule has 0 atom stereocenters. The van der Waals surface area contributed by atoms with E-state index in [1.165, 1.54) is 36.4 Å². The minimum Gasteiger partial charge on any atom is -0.869 e. The highest BCUT2D eigenvalue weighted by molar-refractivity contribution is 7.16. The Morgan fingerprint density at radius 3 is 2.65 bits per heavy atom. The minimum atomic E-state index is -1.07. The molecule has 0 unspecified atom stereocenters. The molecule has 5 nitrogen and oxygen atoms in total. The van der Waals surface area contributed by atoms with Crippen molar-refractivity contribution in [2.45, 2.75) is 6.92 Å². The maximum absolute atomic E-state index is 12.0. The van der Waals surface area contributed by atoms with E-state index in [0.29, 0.717) is 17.0 Å². The predicted molar refractivity (Wildman–Crippen MR) is 86.7 cm³/mol. The summed E-state index contributed by atoms with van der Waals surface area (Å²) in [6.45, 7) is 2.07. The van der Waals surface area contributed by atoms with Crippen LogP contribution in [0.25, 0.3) is 6.08 Å². The van der Waals surface area contributed by atoms with Crippen LogP contribution in [0.3, 0.4) is 0 Å². The number of ether oxygens (including phenoxy) is 1. The fraction of sp³-hybridized carbons (Fsp3) is 0.125. The van der Waals surface area contributed by atoms with Crippen molar-refractivity contribution in [1.29, 1.82) is 0 Å². The van der Waals surface area contributed by atoms with Crippen LogP contribution in [0.1, 0.15) is 31.8 Å². The van der Waals surface area contributed by atoms with Gasteiger partial charge in [-0.3, -0.25) is 4.79 Å². The molecule has 1 N–H and O–H groups in total. The summed E-state index contributed by atoms with van der Waals surface area (Å²) in [6.07, 6.45) is 2.79. The second-order valence-corrected chi connectivity index (χ2v) is 5.92. The van der Waals surface area contributed by atoms with E-state index in [-0.39, 0.29) is 21.4 Å². The number of rotatable bonds is 6. The Labute approximate surface area is 141 Å². The topological polar surface area (TPSA) is 86.7 Å². The van der Waals surface area contributed by atoms with Crippen molar-refractivity contribution in [3.8, 4) is 11.5 Å². The van der Waals surface area contributed by atoms with Crippen molar-refractivity contribution in [2.24, 2.45) is 0 Å². The summed E-state index contributed by atoms with van der Waals surface area (Å²) in [6, 6.07) is 5.77. The highest BCUT2D eigenvalue weighted by Gasteiger charge is 2.11. The Morgan fingerprint density at radius 2 is 2.04 bits per heavy atom. The molecular weight excluding hydrogens is 340 g/mol. The molecule has 0 saturated carbocycles. The van der Waals surface area contributed by atoms with Crippen molar-refractivity contribution in [1.82, 2.24) is 0 Å². The fourth-order valence-electron chi connectivity index (χ4n) is 1.79. The molecule has 0 bridgehead atoms. The van der Waals surface area contributed by atoms with Crippen molar-refractivity contribution in [3.63, 3.8) is 0 Å². The number of carbonyl (C=O) groups excluding carboxylic acids is 1. The number of carboxylic acid groups (broad SMARTS) is 1. The molecule has 2 aromatic rings. The van der Waals surface area contributed by atoms with Crippen molar-refractivity contribution < 1.29 is 24.5 Å². The Kier molecular flexibility index (Phi) is 5.41. The second kappa shape index (κ2) is 7.30. The van der Waals surface area contributed by atoms with Gasteiger partial charge in [0.2, 0.25) is 0 Å². The third-order valence-corrected chi connectivity index (χ3v) is 4.19. The number of thiophene rings is 1. The quantitative estimate of drug-likeness (QED) is 0.636. The van der Waals surface area contributed by atoms with Gasteiger partial charge < -0.3 is 14.9 Å². The summed E-state index contributed by atoms with van der Waals surface area (Å²) < 4.78 is 5.20. The molecule has 2 rings (SSSR count). The number of hydrogen-bond donors (Lipinski definition) is 1. The standard InChI is InChI=1S/C16H13ClO5S/c1-2-22-12-8-9(7-10(17)15(12)19)3-4-11(18)13-5-6-14(23-13)16(20)21/h3-8,19H,2H2,1H3,(H,20,21)/p-1/b4-3+. The van der Waals surface area contributed by atoms with E-state index in [4.69, 9.17) is 21.4 Å². The van der Waals surface area contributed by atoms with E-state index in [9.17, 15) is 14.7 Å². The third-order valence-electron chi connectivity index (χ3n) is 2.82. The molecule has 0 saturated heterocycles. The number of ketones is 1. The molecule has 0 fully saturated rings. The van der Waals surface area contributed by atoms with Gasteiger partial charge in [0.15, 0.2) is 5.78 Å². The van der Waals surface area contributed by atoms with Gasteiger partial charge in [0.25, 0.3) is 0 Å². The van der Waals surface area contributed by atoms with E-state index in [0.717, 1.165) is 11.3 Å². The average molecular weight is 352 g/mol. The largest absolute Gasteiger partial charge is 0.869 e. The number of hydrogen-bond acceptors (Lipinski definition) is 5. The first-order valence-electron chi connectivity index (χ1n) is 6.61. The fourth-order valence-corrected chi connectivity index (χ4v) is 2.77. The normalized spacial score (nSPS) is 10.9. The predicted octanol–water partition coefficient (Wildman–Crippen LogP) is 3.47. The first kappa shape index (κ1) is 17.1. The molecule has 0 amide bonds. The maximum atomic E-state index is 12.0. The lowest BCUT2D eigenvalue weighted by Crippen LogP contribution is -2.00. The lowest BCUT2D eigenvalue weighted by atomic mass is 10.1. The lowest BCUT2D eigenvalue weighted by molar-refractivity contribution is -0.270. The number of benzene rings is 1. The molecule has 7 heteroatoms. The summed E-state index contributed by atoms with van der Waals surface area (Å²) in [5.74, 6) is -1.68.